The van der Waals surface area contributed by atoms with Crippen LogP contribution in [0.1, 0.15) is 24.2 Å². The number of Topliss-reactive ketones (excluding diaryl/α,β-unsaturated/α-hetero) is 1. The van der Waals surface area contributed by atoms with Gasteiger partial charge in [-0.05, 0) is 23.3 Å². The first kappa shape index (κ1) is 15.2. The monoisotopic (exact) mass is 336 g/mol. The second kappa shape index (κ2) is 4.99. The number of carbonyl (C=O) groups excluding carboxylic acids is 1. The molecule has 4 aliphatic heterocycles. The third kappa shape index (κ3) is 2.01. The third-order valence-electron chi connectivity index (χ3n) is 6.22. The van der Waals surface area contributed by atoms with E-state index in [1.807, 2.05) is 30.3 Å². The van der Waals surface area contributed by atoms with Crippen molar-refractivity contribution >= 4 is 5.78 Å². The molecule has 4 bridgehead atoms. The van der Waals surface area contributed by atoms with Crippen LogP contribution >= 0.6 is 0 Å². The van der Waals surface area contributed by atoms with E-state index in [4.69, 9.17) is 0 Å². The zero-order chi connectivity index (χ0) is 17.2. The van der Waals surface area contributed by atoms with Gasteiger partial charge >= 0.3 is 0 Å². The largest absolute Gasteiger partial charge is 0.298 e. The molecule has 2 unspecified atom stereocenters. The average molecular weight is 336 g/mol. The number of hydrogen-bond acceptors (Lipinski definition) is 3. The SMILES string of the molecule is CC12CN3CC(c4ccccc4)(CN(C1)C3c1ccc(F)cc1)C2=O. The van der Waals surface area contributed by atoms with Gasteiger partial charge in [-0.25, -0.2) is 4.39 Å². The number of piperidine rings is 2. The third-order valence-corrected chi connectivity index (χ3v) is 6.22. The van der Waals surface area contributed by atoms with Gasteiger partial charge < -0.3 is 0 Å². The molecule has 4 heterocycles. The fourth-order valence-electron chi connectivity index (χ4n) is 5.37. The number of nitrogens with zero attached hydrogens (tertiary/aromatic N) is 2. The van der Waals surface area contributed by atoms with Crippen molar-refractivity contribution in [1.82, 2.24) is 9.80 Å². The zero-order valence-electron chi connectivity index (χ0n) is 14.3. The normalized spacial score (nSPS) is 39.0. The van der Waals surface area contributed by atoms with Gasteiger partial charge in [-0.15, -0.1) is 0 Å². The van der Waals surface area contributed by atoms with Crippen LogP contribution in [0.15, 0.2) is 54.6 Å². The minimum atomic E-state index is -0.441. The van der Waals surface area contributed by atoms with Crippen molar-refractivity contribution in [2.24, 2.45) is 5.41 Å². The van der Waals surface area contributed by atoms with Crippen molar-refractivity contribution in [3.8, 4) is 0 Å². The molecule has 0 saturated carbocycles. The molecule has 0 spiro atoms. The summed E-state index contributed by atoms with van der Waals surface area (Å²) in [7, 11) is 0. The van der Waals surface area contributed by atoms with Gasteiger partial charge in [0.2, 0.25) is 0 Å². The maximum atomic E-state index is 13.4. The van der Waals surface area contributed by atoms with Crippen molar-refractivity contribution in [3.63, 3.8) is 0 Å². The molecule has 3 nitrogen and oxygen atoms in total. The second-order valence-corrected chi connectivity index (χ2v) is 8.07. The molecule has 128 valence electrons. The van der Waals surface area contributed by atoms with Crippen LogP contribution in [0.25, 0.3) is 0 Å². The topological polar surface area (TPSA) is 23.6 Å². The molecule has 6 rings (SSSR count). The average Bonchev–Trinajstić information content (AvgIpc) is 2.60. The van der Waals surface area contributed by atoms with E-state index >= 15 is 0 Å². The fourth-order valence-corrected chi connectivity index (χ4v) is 5.37. The summed E-state index contributed by atoms with van der Waals surface area (Å²) in [6.45, 7) is 5.14. The molecule has 2 aromatic carbocycles. The van der Waals surface area contributed by atoms with Gasteiger partial charge in [0, 0.05) is 26.2 Å². The van der Waals surface area contributed by atoms with Crippen LogP contribution in [0.2, 0.25) is 0 Å². The Morgan fingerprint density at radius 1 is 0.920 bits per heavy atom. The van der Waals surface area contributed by atoms with Crippen LogP contribution in [0, 0.1) is 11.2 Å². The van der Waals surface area contributed by atoms with E-state index in [1.54, 1.807) is 0 Å². The molecule has 0 aromatic heterocycles. The molecule has 2 aromatic rings. The zero-order valence-corrected chi connectivity index (χ0v) is 14.3. The summed E-state index contributed by atoms with van der Waals surface area (Å²) < 4.78 is 13.3. The maximum absolute atomic E-state index is 13.4. The lowest BCUT2D eigenvalue weighted by atomic mass is 9.58. The lowest BCUT2D eigenvalue weighted by molar-refractivity contribution is -0.185. The van der Waals surface area contributed by atoms with Crippen LogP contribution in [-0.2, 0) is 10.2 Å². The number of rotatable bonds is 2. The standard InChI is InChI=1S/C21H21FN2O/c1-20-11-23-13-21(19(20)25,16-5-3-2-4-6-16)14-24(12-20)18(23)15-7-9-17(22)10-8-15/h2-10,18H,11-14H2,1H3. The van der Waals surface area contributed by atoms with Crippen molar-refractivity contribution in [2.45, 2.75) is 18.5 Å². The van der Waals surface area contributed by atoms with E-state index < -0.39 is 5.41 Å². The Balaban J connectivity index is 1.59. The fraction of sp³-hybridized carbons (Fsp3) is 0.381. The minimum absolute atomic E-state index is 0.138. The van der Waals surface area contributed by atoms with Gasteiger partial charge in [-0.3, -0.25) is 14.6 Å². The predicted molar refractivity (Wildman–Crippen MR) is 93.5 cm³/mol. The van der Waals surface area contributed by atoms with E-state index in [1.165, 1.54) is 12.1 Å². The number of halogens is 1. The molecular formula is C21H21FN2O. The molecule has 4 fully saturated rings. The van der Waals surface area contributed by atoms with Crippen molar-refractivity contribution < 1.29 is 9.18 Å². The Morgan fingerprint density at radius 2 is 1.52 bits per heavy atom. The molecule has 4 saturated heterocycles. The number of benzene rings is 2. The quantitative estimate of drug-likeness (QED) is 0.842. The highest BCUT2D eigenvalue weighted by Gasteiger charge is 2.64. The lowest BCUT2D eigenvalue weighted by Gasteiger charge is -2.65. The summed E-state index contributed by atoms with van der Waals surface area (Å²) in [4.78, 5) is 18.2. The van der Waals surface area contributed by atoms with Gasteiger partial charge in [-0.2, -0.15) is 0 Å². The summed E-state index contributed by atoms with van der Waals surface area (Å²) in [5.41, 5.74) is 1.46. The van der Waals surface area contributed by atoms with E-state index in [2.05, 4.69) is 28.9 Å². The van der Waals surface area contributed by atoms with E-state index in [0.717, 1.165) is 37.3 Å². The number of ketones is 1. The first-order chi connectivity index (χ1) is 12.0. The van der Waals surface area contributed by atoms with E-state index in [0.29, 0.717) is 5.78 Å². The van der Waals surface area contributed by atoms with E-state index in [-0.39, 0.29) is 17.4 Å². The molecular weight excluding hydrogens is 315 g/mol. The van der Waals surface area contributed by atoms with Gasteiger partial charge in [0.05, 0.1) is 17.0 Å². The molecule has 2 atom stereocenters. The number of carbonyl (C=O) groups is 1. The Morgan fingerprint density at radius 3 is 2.12 bits per heavy atom. The molecule has 4 aliphatic rings. The van der Waals surface area contributed by atoms with Crippen LogP contribution in [-0.4, -0.2) is 41.8 Å². The van der Waals surface area contributed by atoms with Crippen LogP contribution in [0.5, 0.6) is 0 Å². The van der Waals surface area contributed by atoms with Gasteiger partial charge in [-0.1, -0.05) is 49.4 Å². The Kier molecular flexibility index (Phi) is 3.04. The Hall–Kier alpha value is -2.04. The summed E-state index contributed by atoms with van der Waals surface area (Å²) >= 11 is 0. The van der Waals surface area contributed by atoms with Crippen LogP contribution < -0.4 is 0 Å². The van der Waals surface area contributed by atoms with Crippen LogP contribution in [0.4, 0.5) is 4.39 Å². The summed E-state index contributed by atoms with van der Waals surface area (Å²) in [6.07, 6.45) is 0.138. The molecule has 0 aliphatic carbocycles. The molecule has 4 heteroatoms. The summed E-state index contributed by atoms with van der Waals surface area (Å²) in [5, 5.41) is 0. The Bertz CT molecular complexity index is 817. The first-order valence-corrected chi connectivity index (χ1v) is 8.86. The highest BCUT2D eigenvalue weighted by atomic mass is 19.1. The lowest BCUT2D eigenvalue weighted by Crippen LogP contribution is -2.77. The number of hydrogen-bond donors (Lipinski definition) is 0. The van der Waals surface area contributed by atoms with Gasteiger partial charge in [0.25, 0.3) is 0 Å². The molecule has 0 N–H and O–H groups in total. The van der Waals surface area contributed by atoms with Crippen molar-refractivity contribution in [3.05, 3.63) is 71.5 Å². The molecule has 25 heavy (non-hydrogen) atoms. The smallest absolute Gasteiger partial charge is 0.154 e. The first-order valence-electron chi connectivity index (χ1n) is 8.86. The maximum Gasteiger partial charge on any atom is 0.154 e. The highest BCUT2D eigenvalue weighted by molar-refractivity contribution is 5.97. The second-order valence-electron chi connectivity index (χ2n) is 8.07. The summed E-state index contributed by atoms with van der Waals surface area (Å²) in [6, 6.07) is 17.0. The van der Waals surface area contributed by atoms with Gasteiger partial charge in [0.1, 0.15) is 5.82 Å². The molecule has 0 radical (unpaired) electrons. The van der Waals surface area contributed by atoms with Crippen LogP contribution in [0.3, 0.4) is 0 Å². The minimum Gasteiger partial charge on any atom is -0.298 e. The van der Waals surface area contributed by atoms with Crippen molar-refractivity contribution in [1.29, 1.82) is 0 Å². The van der Waals surface area contributed by atoms with Gasteiger partial charge in [0.15, 0.2) is 5.78 Å². The van der Waals surface area contributed by atoms with Crippen molar-refractivity contribution in [2.75, 3.05) is 26.2 Å². The van der Waals surface area contributed by atoms with E-state index in [9.17, 15) is 9.18 Å². The highest BCUT2D eigenvalue weighted by Crippen LogP contribution is 2.53. The molecule has 0 amide bonds. The predicted octanol–water partition coefficient (Wildman–Crippen LogP) is 2.98. The summed E-state index contributed by atoms with van der Waals surface area (Å²) in [5.74, 6) is 0.178. The Labute approximate surface area is 147 Å².